The van der Waals surface area contributed by atoms with Crippen molar-refractivity contribution in [2.45, 2.75) is 11.8 Å². The lowest BCUT2D eigenvalue weighted by molar-refractivity contribution is 0.600. The van der Waals surface area contributed by atoms with Crippen molar-refractivity contribution >= 4 is 31.6 Å². The summed E-state index contributed by atoms with van der Waals surface area (Å²) >= 11 is 3.18. The van der Waals surface area contributed by atoms with Gasteiger partial charge in [0, 0.05) is 4.47 Å². The van der Waals surface area contributed by atoms with E-state index in [1.807, 2.05) is 0 Å². The Labute approximate surface area is 119 Å². The van der Waals surface area contributed by atoms with Crippen LogP contribution < -0.4 is 4.72 Å². The van der Waals surface area contributed by atoms with E-state index in [0.29, 0.717) is 10.0 Å². The van der Waals surface area contributed by atoms with Crippen LogP contribution in [0.5, 0.6) is 0 Å². The lowest BCUT2D eigenvalue weighted by Crippen LogP contribution is -2.13. The van der Waals surface area contributed by atoms with Gasteiger partial charge in [-0.15, -0.1) is 0 Å². The van der Waals surface area contributed by atoms with Crippen molar-refractivity contribution in [3.63, 3.8) is 0 Å². The second kappa shape index (κ2) is 5.30. The molecule has 0 aliphatic carbocycles. The fourth-order valence-corrected chi connectivity index (χ4v) is 3.58. The number of sulfonamides is 1. The van der Waals surface area contributed by atoms with Crippen LogP contribution in [0.15, 0.2) is 51.8 Å². The van der Waals surface area contributed by atoms with E-state index in [2.05, 4.69) is 20.7 Å². The fourth-order valence-electron chi connectivity index (χ4n) is 1.53. The van der Waals surface area contributed by atoms with Gasteiger partial charge < -0.3 is 0 Å². The molecule has 0 saturated carbocycles. The zero-order valence-corrected chi connectivity index (χ0v) is 12.4. The molecule has 0 aromatic heterocycles. The number of hydrogen-bond acceptors (Lipinski definition) is 2. The van der Waals surface area contributed by atoms with Gasteiger partial charge in [-0.2, -0.15) is 0 Å². The molecule has 6 heteroatoms. The zero-order valence-electron chi connectivity index (χ0n) is 10.0. The van der Waals surface area contributed by atoms with Crippen LogP contribution in [-0.2, 0) is 10.0 Å². The lowest BCUT2D eigenvalue weighted by Gasteiger charge is -2.10. The Hall–Kier alpha value is -1.40. The molecule has 2 rings (SSSR count). The molecule has 100 valence electrons. The van der Waals surface area contributed by atoms with Crippen molar-refractivity contribution in [3.8, 4) is 0 Å². The van der Waals surface area contributed by atoms with Crippen molar-refractivity contribution in [3.05, 3.63) is 58.3 Å². The molecule has 3 nitrogen and oxygen atoms in total. The van der Waals surface area contributed by atoms with Crippen LogP contribution in [0.25, 0.3) is 0 Å². The predicted octanol–water partition coefficient (Wildman–Crippen LogP) is 3.70. The Morgan fingerprint density at radius 1 is 1.16 bits per heavy atom. The number of hydrogen-bond donors (Lipinski definition) is 1. The number of anilines is 1. The highest BCUT2D eigenvalue weighted by Gasteiger charge is 2.17. The summed E-state index contributed by atoms with van der Waals surface area (Å²) in [5.74, 6) is -0.452. The van der Waals surface area contributed by atoms with Gasteiger partial charge in [-0.3, -0.25) is 4.72 Å². The van der Waals surface area contributed by atoms with Crippen LogP contribution in [0, 0.1) is 12.7 Å². The topological polar surface area (TPSA) is 46.2 Å². The first-order valence-corrected chi connectivity index (χ1v) is 7.71. The summed E-state index contributed by atoms with van der Waals surface area (Å²) in [5.41, 5.74) is 0.655. The normalized spacial score (nSPS) is 11.3. The van der Waals surface area contributed by atoms with E-state index in [9.17, 15) is 12.8 Å². The van der Waals surface area contributed by atoms with E-state index < -0.39 is 15.8 Å². The first-order valence-electron chi connectivity index (χ1n) is 5.43. The molecule has 0 fully saturated rings. The van der Waals surface area contributed by atoms with E-state index in [0.717, 1.165) is 6.07 Å². The van der Waals surface area contributed by atoms with Gasteiger partial charge in [-0.05, 0) is 52.7 Å². The van der Waals surface area contributed by atoms with Gasteiger partial charge in [0.25, 0.3) is 10.0 Å². The van der Waals surface area contributed by atoms with Crippen molar-refractivity contribution in [1.29, 1.82) is 0 Å². The molecule has 0 spiro atoms. The minimum absolute atomic E-state index is 0.107. The summed E-state index contributed by atoms with van der Waals surface area (Å²) in [5, 5.41) is 0. The maximum Gasteiger partial charge on any atom is 0.263 e. The van der Waals surface area contributed by atoms with Gasteiger partial charge in [0.05, 0.1) is 5.69 Å². The van der Waals surface area contributed by atoms with Gasteiger partial charge in [0.15, 0.2) is 0 Å². The van der Waals surface area contributed by atoms with Crippen molar-refractivity contribution < 1.29 is 12.8 Å². The molecule has 19 heavy (non-hydrogen) atoms. The third-order valence-electron chi connectivity index (χ3n) is 2.55. The Morgan fingerprint density at radius 3 is 2.47 bits per heavy atom. The molecule has 0 aliphatic rings. The van der Waals surface area contributed by atoms with E-state index in [-0.39, 0.29) is 10.6 Å². The van der Waals surface area contributed by atoms with Gasteiger partial charge in [-0.1, -0.05) is 18.2 Å². The first kappa shape index (κ1) is 14.0. The average molecular weight is 344 g/mol. The Balaban J connectivity index is 2.37. The van der Waals surface area contributed by atoms with Gasteiger partial charge in [-0.25, -0.2) is 12.8 Å². The molecule has 0 amide bonds. The van der Waals surface area contributed by atoms with Crippen LogP contribution in [0.2, 0.25) is 0 Å². The van der Waals surface area contributed by atoms with Crippen LogP contribution in [0.1, 0.15) is 5.56 Å². The smallest absolute Gasteiger partial charge is 0.263 e. The Morgan fingerprint density at radius 2 is 1.84 bits per heavy atom. The number of aryl methyl sites for hydroxylation is 1. The first-order chi connectivity index (χ1) is 8.90. The minimum Gasteiger partial charge on any atom is -0.279 e. The maximum atomic E-state index is 13.4. The van der Waals surface area contributed by atoms with Crippen molar-refractivity contribution in [2.75, 3.05) is 4.72 Å². The molecule has 0 aliphatic heterocycles. The molecule has 0 unspecified atom stereocenters. The summed E-state index contributed by atoms with van der Waals surface area (Å²) in [7, 11) is -3.74. The summed E-state index contributed by atoms with van der Waals surface area (Å²) in [6, 6.07) is 10.6. The van der Waals surface area contributed by atoms with E-state index >= 15 is 0 Å². The zero-order chi connectivity index (χ0) is 14.0. The number of benzene rings is 2. The molecular formula is C13H11BrFNO2S. The SMILES string of the molecule is Cc1ccc(NS(=O)(=O)c2ccccc2Br)cc1F. The third kappa shape index (κ3) is 3.13. The highest BCUT2D eigenvalue weighted by molar-refractivity contribution is 9.10. The molecule has 0 saturated heterocycles. The van der Waals surface area contributed by atoms with Crippen molar-refractivity contribution in [1.82, 2.24) is 0 Å². The third-order valence-corrected chi connectivity index (χ3v) is 4.94. The summed E-state index contributed by atoms with van der Waals surface area (Å²) in [6.45, 7) is 1.61. The second-order valence-electron chi connectivity index (χ2n) is 4.00. The van der Waals surface area contributed by atoms with Gasteiger partial charge in [0.2, 0.25) is 0 Å². The molecule has 2 aromatic rings. The molecule has 2 aromatic carbocycles. The molecule has 0 atom stereocenters. The van der Waals surface area contributed by atoms with Crippen molar-refractivity contribution in [2.24, 2.45) is 0 Å². The highest BCUT2D eigenvalue weighted by atomic mass is 79.9. The fraction of sp³-hybridized carbons (Fsp3) is 0.0769. The summed E-state index contributed by atoms with van der Waals surface area (Å²) in [6.07, 6.45) is 0. The van der Waals surface area contributed by atoms with Crippen LogP contribution in [-0.4, -0.2) is 8.42 Å². The molecule has 0 heterocycles. The summed E-state index contributed by atoms with van der Waals surface area (Å²) < 4.78 is 40.5. The largest absolute Gasteiger partial charge is 0.279 e. The predicted molar refractivity (Wildman–Crippen MR) is 76.1 cm³/mol. The second-order valence-corrected chi connectivity index (χ2v) is 6.51. The highest BCUT2D eigenvalue weighted by Crippen LogP contribution is 2.24. The van der Waals surface area contributed by atoms with Crippen LogP contribution in [0.3, 0.4) is 0 Å². The Kier molecular flexibility index (Phi) is 3.91. The summed E-state index contributed by atoms with van der Waals surface area (Å²) in [4.78, 5) is 0.107. The molecular weight excluding hydrogens is 333 g/mol. The van der Waals surface area contributed by atoms with Gasteiger partial charge in [0.1, 0.15) is 10.7 Å². The van der Waals surface area contributed by atoms with Crippen LogP contribution >= 0.6 is 15.9 Å². The molecule has 1 N–H and O–H groups in total. The van der Waals surface area contributed by atoms with E-state index in [1.165, 1.54) is 18.2 Å². The minimum atomic E-state index is -3.74. The number of rotatable bonds is 3. The van der Waals surface area contributed by atoms with E-state index in [4.69, 9.17) is 0 Å². The lowest BCUT2D eigenvalue weighted by atomic mass is 10.2. The quantitative estimate of drug-likeness (QED) is 0.923. The maximum absolute atomic E-state index is 13.4. The number of nitrogens with one attached hydrogen (secondary N) is 1. The standard InChI is InChI=1S/C13H11BrFNO2S/c1-9-6-7-10(8-12(9)15)16-19(17,18)13-5-3-2-4-11(13)14/h2-8,16H,1H3. The van der Waals surface area contributed by atoms with Gasteiger partial charge >= 0.3 is 0 Å². The monoisotopic (exact) mass is 343 g/mol. The molecule has 0 radical (unpaired) electrons. The molecule has 0 bridgehead atoms. The van der Waals surface area contributed by atoms with Crippen LogP contribution in [0.4, 0.5) is 10.1 Å². The number of halogens is 2. The average Bonchev–Trinajstić information content (AvgIpc) is 2.34. The van der Waals surface area contributed by atoms with E-state index in [1.54, 1.807) is 25.1 Å². The Bertz CT molecular complexity index is 716.